The van der Waals surface area contributed by atoms with Crippen LogP contribution in [-0.4, -0.2) is 98.3 Å². The van der Waals surface area contributed by atoms with Crippen LogP contribution in [0.3, 0.4) is 0 Å². The van der Waals surface area contributed by atoms with E-state index in [1.807, 2.05) is 55.7 Å². The van der Waals surface area contributed by atoms with Gasteiger partial charge in [-0.25, -0.2) is 8.78 Å². The molecule has 17 heteroatoms. The molecule has 6 amide bonds. The first-order valence-corrected chi connectivity index (χ1v) is 22.3. The summed E-state index contributed by atoms with van der Waals surface area (Å²) in [6, 6.07) is 11.5. The van der Waals surface area contributed by atoms with E-state index in [1.54, 1.807) is 12.3 Å². The number of carbonyl (C=O) groups excluding carboxylic acids is 8. The Morgan fingerprint density at radius 3 is 2.12 bits per heavy atom. The molecule has 1 aromatic heterocycles. The first-order chi connectivity index (χ1) is 31.2. The molecule has 66 heavy (non-hydrogen) atoms. The van der Waals surface area contributed by atoms with Gasteiger partial charge in [-0.05, 0) is 67.9 Å². The second-order valence-corrected chi connectivity index (χ2v) is 17.9. The number of hydrogen-bond acceptors (Lipinski definition) is 9. The minimum atomic E-state index is -1.29. The molecule has 2 heterocycles. The van der Waals surface area contributed by atoms with Gasteiger partial charge in [0, 0.05) is 80.0 Å². The first-order valence-electron chi connectivity index (χ1n) is 22.3. The Labute approximate surface area is 384 Å². The number of Topliss-reactive ketones (excluding diaryl/α,β-unsaturated/α-hetero) is 2. The fourth-order valence-corrected chi connectivity index (χ4v) is 7.97. The molecule has 0 saturated heterocycles. The van der Waals surface area contributed by atoms with Crippen LogP contribution in [0, 0.1) is 23.0 Å². The van der Waals surface area contributed by atoms with Crippen LogP contribution < -0.4 is 16.4 Å². The van der Waals surface area contributed by atoms with Crippen molar-refractivity contribution in [3.8, 4) is 11.1 Å². The molecule has 0 spiro atoms. The number of amides is 6. The van der Waals surface area contributed by atoms with Gasteiger partial charge in [-0.15, -0.1) is 0 Å². The van der Waals surface area contributed by atoms with Gasteiger partial charge in [-0.1, -0.05) is 64.4 Å². The molecular formula is C49H62F2N6O9. The van der Waals surface area contributed by atoms with Gasteiger partial charge in [0.1, 0.15) is 18.2 Å². The number of primary amides is 1. The Hall–Kier alpha value is -6.36. The largest absolute Gasteiger partial charge is 0.387 e. The van der Waals surface area contributed by atoms with Crippen molar-refractivity contribution in [2.45, 2.75) is 117 Å². The van der Waals surface area contributed by atoms with Gasteiger partial charge in [-0.3, -0.25) is 43.3 Å². The number of nitrogens with two attached hydrogens (primary N) is 1. The lowest BCUT2D eigenvalue weighted by Gasteiger charge is -2.41. The summed E-state index contributed by atoms with van der Waals surface area (Å²) >= 11 is 0. The molecular weight excluding hydrogens is 855 g/mol. The minimum absolute atomic E-state index is 0.0406. The molecule has 4 rings (SSSR count). The molecule has 3 aromatic rings. The van der Waals surface area contributed by atoms with Crippen LogP contribution in [0.5, 0.6) is 0 Å². The zero-order chi connectivity index (χ0) is 48.7. The van der Waals surface area contributed by atoms with E-state index in [9.17, 15) is 47.9 Å². The number of hydrogen-bond donors (Lipinski definition) is 4. The summed E-state index contributed by atoms with van der Waals surface area (Å²) in [5.41, 5.74) is 6.74. The molecule has 0 saturated carbocycles. The molecule has 4 atom stereocenters. The normalized spacial score (nSPS) is 14.4. The number of ketones is 2. The summed E-state index contributed by atoms with van der Waals surface area (Å²) in [5.74, 6) is -6.33. The summed E-state index contributed by atoms with van der Waals surface area (Å²) in [7, 11) is 0. The number of aromatic nitrogens is 1. The third-order valence-corrected chi connectivity index (χ3v) is 11.4. The van der Waals surface area contributed by atoms with E-state index in [1.165, 1.54) is 30.9 Å². The van der Waals surface area contributed by atoms with Gasteiger partial charge in [0.25, 0.3) is 11.8 Å². The Bertz CT molecular complexity index is 2250. The van der Waals surface area contributed by atoms with Crippen molar-refractivity contribution in [2.75, 3.05) is 19.7 Å². The molecule has 0 radical (unpaired) electrons. The van der Waals surface area contributed by atoms with Gasteiger partial charge in [0.2, 0.25) is 23.6 Å². The first kappa shape index (κ1) is 52.3. The van der Waals surface area contributed by atoms with E-state index in [0.29, 0.717) is 37.1 Å². The average Bonchev–Trinajstić information content (AvgIpc) is 3.81. The lowest BCUT2D eigenvalue weighted by atomic mass is 9.82. The number of imide groups is 1. The van der Waals surface area contributed by atoms with E-state index < -0.39 is 83.4 Å². The second-order valence-electron chi connectivity index (χ2n) is 17.9. The Kier molecular flexibility index (Phi) is 19.2. The summed E-state index contributed by atoms with van der Waals surface area (Å²) in [6.07, 6.45) is 5.39. The maximum absolute atomic E-state index is 15.1. The highest BCUT2D eigenvalue weighted by atomic mass is 19.1. The molecule has 0 bridgehead atoms. The highest BCUT2D eigenvalue weighted by Gasteiger charge is 2.37. The third-order valence-electron chi connectivity index (χ3n) is 11.4. The highest BCUT2D eigenvalue weighted by Crippen LogP contribution is 2.41. The Morgan fingerprint density at radius 2 is 1.48 bits per heavy atom. The molecule has 5 N–H and O–H groups in total. The standard InChI is InChI=1S/C49H62F2N6O9/c1-31(24-41(60)32(2)53-43(62)17-10-7-12-22-56-44(63)20-21-45(56)64)48(66)54-38(27-42(52)61)40(59)16-11-13-23-57(46(65)30-58)47(49(3,4)5)39-25-34(36-26-35(50)18-19-37(36)51)29-55(39)28-33-14-8-6-9-15-33/h6,8-9,14-15,18-21,25-26,29,31-32,38,47,58H,7,10-13,16-17,22-24,27-28,30H2,1-5H3,(H2,52,61)(H,53,62)(H,54,66)/t31-,32-,38-,47-/m0/s1. The predicted molar refractivity (Wildman–Crippen MR) is 242 cm³/mol. The highest BCUT2D eigenvalue weighted by molar-refractivity contribution is 6.12. The maximum Gasteiger partial charge on any atom is 0.253 e. The zero-order valence-corrected chi connectivity index (χ0v) is 38.3. The van der Waals surface area contributed by atoms with Crippen LogP contribution in [0.15, 0.2) is 72.9 Å². The second kappa shape index (κ2) is 24.2. The van der Waals surface area contributed by atoms with Gasteiger partial charge in [0.05, 0.1) is 24.5 Å². The van der Waals surface area contributed by atoms with Crippen molar-refractivity contribution < 1.29 is 52.2 Å². The van der Waals surface area contributed by atoms with Crippen LogP contribution in [-0.2, 0) is 44.9 Å². The number of aliphatic hydroxyl groups is 1. The third kappa shape index (κ3) is 15.1. The van der Waals surface area contributed by atoms with Crippen molar-refractivity contribution in [3.05, 3.63) is 95.8 Å². The molecule has 356 valence electrons. The predicted octanol–water partition coefficient (Wildman–Crippen LogP) is 5.07. The lowest BCUT2D eigenvalue weighted by molar-refractivity contribution is -0.140. The van der Waals surface area contributed by atoms with E-state index in [4.69, 9.17) is 5.73 Å². The number of aliphatic hydroxyl groups excluding tert-OH is 1. The van der Waals surface area contributed by atoms with Gasteiger partial charge < -0.3 is 30.9 Å². The van der Waals surface area contributed by atoms with E-state index in [2.05, 4.69) is 10.6 Å². The van der Waals surface area contributed by atoms with Gasteiger partial charge in [-0.2, -0.15) is 0 Å². The van der Waals surface area contributed by atoms with Gasteiger partial charge in [0.15, 0.2) is 11.6 Å². The van der Waals surface area contributed by atoms with Crippen molar-refractivity contribution >= 4 is 47.0 Å². The minimum Gasteiger partial charge on any atom is -0.387 e. The topological polar surface area (TPSA) is 218 Å². The molecule has 15 nitrogen and oxygen atoms in total. The van der Waals surface area contributed by atoms with E-state index in [-0.39, 0.29) is 68.5 Å². The van der Waals surface area contributed by atoms with Crippen LogP contribution in [0.4, 0.5) is 8.78 Å². The molecule has 1 aliphatic heterocycles. The lowest BCUT2D eigenvalue weighted by Crippen LogP contribution is -2.46. The molecule has 0 fully saturated rings. The molecule has 0 unspecified atom stereocenters. The van der Waals surface area contributed by atoms with Crippen LogP contribution >= 0.6 is 0 Å². The number of carbonyl (C=O) groups is 8. The van der Waals surface area contributed by atoms with Crippen molar-refractivity contribution in [1.82, 2.24) is 25.0 Å². The molecule has 0 aliphatic carbocycles. The van der Waals surface area contributed by atoms with Gasteiger partial charge >= 0.3 is 0 Å². The SMILES string of the molecule is C[C@H](NC(=O)CCCCCN1C(=O)C=CC1=O)C(=O)C[C@H](C)C(=O)N[C@@H](CC(N)=O)C(=O)CCCCN(C(=O)CO)[C@@H](c1cc(-c2cc(F)ccc2F)cn1Cc1ccccc1)C(C)(C)C. The number of benzene rings is 2. The summed E-state index contributed by atoms with van der Waals surface area (Å²) < 4.78 is 31.4. The fourth-order valence-electron chi connectivity index (χ4n) is 7.97. The number of rotatable bonds is 26. The average molecular weight is 917 g/mol. The monoisotopic (exact) mass is 916 g/mol. The maximum atomic E-state index is 15.1. The molecule has 2 aromatic carbocycles. The number of halogens is 2. The quantitative estimate of drug-likeness (QED) is 0.0623. The van der Waals surface area contributed by atoms with Crippen molar-refractivity contribution in [2.24, 2.45) is 17.1 Å². The van der Waals surface area contributed by atoms with Crippen molar-refractivity contribution in [3.63, 3.8) is 0 Å². The van der Waals surface area contributed by atoms with E-state index in [0.717, 1.165) is 28.7 Å². The van der Waals surface area contributed by atoms with Crippen LogP contribution in [0.1, 0.15) is 110 Å². The Balaban J connectivity index is 1.37. The number of nitrogens with zero attached hydrogens (tertiary/aromatic N) is 3. The van der Waals surface area contributed by atoms with Crippen molar-refractivity contribution in [1.29, 1.82) is 0 Å². The number of nitrogens with one attached hydrogen (secondary N) is 2. The fraction of sp³-hybridized carbons (Fsp3) is 0.469. The zero-order valence-electron chi connectivity index (χ0n) is 38.3. The summed E-state index contributed by atoms with van der Waals surface area (Å²) in [4.78, 5) is 104. The summed E-state index contributed by atoms with van der Waals surface area (Å²) in [6.45, 7) is 8.56. The Morgan fingerprint density at radius 1 is 0.818 bits per heavy atom. The van der Waals surface area contributed by atoms with Crippen LogP contribution in [0.2, 0.25) is 0 Å². The molecule has 1 aliphatic rings. The van der Waals surface area contributed by atoms with Crippen LogP contribution in [0.25, 0.3) is 11.1 Å². The number of unbranched alkanes of at least 4 members (excludes halogenated alkanes) is 3. The summed E-state index contributed by atoms with van der Waals surface area (Å²) in [5, 5.41) is 15.4. The smallest absolute Gasteiger partial charge is 0.253 e. The van der Waals surface area contributed by atoms with E-state index >= 15 is 4.39 Å².